The van der Waals surface area contributed by atoms with Crippen molar-refractivity contribution in [2.24, 2.45) is 11.7 Å². The van der Waals surface area contributed by atoms with Gasteiger partial charge in [0, 0.05) is 12.8 Å². The molecule has 0 aliphatic rings. The van der Waals surface area contributed by atoms with Gasteiger partial charge in [0.15, 0.2) is 5.78 Å². The van der Waals surface area contributed by atoms with Crippen molar-refractivity contribution in [1.29, 1.82) is 0 Å². The van der Waals surface area contributed by atoms with E-state index in [-0.39, 0.29) is 5.78 Å². The number of rotatable bonds is 10. The van der Waals surface area contributed by atoms with Gasteiger partial charge in [0.25, 0.3) is 0 Å². The smallest absolute Gasteiger partial charge is 0.157 e. The molecule has 0 fully saturated rings. The van der Waals surface area contributed by atoms with E-state index in [1.807, 2.05) is 37.3 Å². The molecule has 1 aromatic rings. The third-order valence-electron chi connectivity index (χ3n) is 4.14. The fraction of sp³-hybridized carbons (Fsp3) is 0.632. The number of Topliss-reactive ketones (excluding diaryl/α,β-unsaturated/α-hetero) is 1. The van der Waals surface area contributed by atoms with Gasteiger partial charge in [0.05, 0.1) is 6.10 Å². The predicted molar refractivity (Wildman–Crippen MR) is 91.5 cm³/mol. The highest BCUT2D eigenvalue weighted by molar-refractivity contribution is 5.89. The lowest BCUT2D eigenvalue weighted by Crippen LogP contribution is -2.47. The molecular formula is C19H31NO2. The van der Waals surface area contributed by atoms with Crippen LogP contribution < -0.4 is 5.73 Å². The molecule has 3 N–H and O–H groups in total. The van der Waals surface area contributed by atoms with Crippen molar-refractivity contribution in [3.05, 3.63) is 35.9 Å². The summed E-state index contributed by atoms with van der Waals surface area (Å²) < 4.78 is 0. The molecule has 22 heavy (non-hydrogen) atoms. The van der Waals surface area contributed by atoms with Crippen LogP contribution in [-0.4, -0.2) is 17.0 Å². The SMILES string of the molecule is CCCC(=O)C(N)(CC(O)CCCC(C)C)c1ccccc1. The first-order valence-corrected chi connectivity index (χ1v) is 8.46. The lowest BCUT2D eigenvalue weighted by molar-refractivity contribution is -0.125. The van der Waals surface area contributed by atoms with E-state index < -0.39 is 11.6 Å². The number of aliphatic hydroxyl groups excluding tert-OH is 1. The Labute approximate surface area is 134 Å². The maximum atomic E-state index is 12.5. The minimum absolute atomic E-state index is 0.0177. The van der Waals surface area contributed by atoms with E-state index in [1.54, 1.807) is 0 Å². The second kappa shape index (κ2) is 9.06. The lowest BCUT2D eigenvalue weighted by atomic mass is 9.79. The summed E-state index contributed by atoms with van der Waals surface area (Å²) in [6.07, 6.45) is 3.73. The number of ketones is 1. The Morgan fingerprint density at radius 2 is 1.86 bits per heavy atom. The molecule has 0 radical (unpaired) electrons. The van der Waals surface area contributed by atoms with E-state index >= 15 is 0 Å². The molecule has 0 bridgehead atoms. The summed E-state index contributed by atoms with van der Waals surface area (Å²) in [6.45, 7) is 6.32. The van der Waals surface area contributed by atoms with Crippen molar-refractivity contribution >= 4 is 5.78 Å². The van der Waals surface area contributed by atoms with Crippen molar-refractivity contribution in [2.75, 3.05) is 0 Å². The molecule has 0 saturated heterocycles. The maximum absolute atomic E-state index is 12.5. The zero-order valence-corrected chi connectivity index (χ0v) is 14.2. The summed E-state index contributed by atoms with van der Waals surface area (Å²) in [4.78, 5) is 12.5. The molecule has 2 unspecified atom stereocenters. The average molecular weight is 305 g/mol. The van der Waals surface area contributed by atoms with Crippen LogP contribution in [0.1, 0.15) is 64.9 Å². The Hall–Kier alpha value is -1.19. The zero-order valence-electron chi connectivity index (χ0n) is 14.2. The van der Waals surface area contributed by atoms with E-state index in [4.69, 9.17) is 5.73 Å². The Bertz CT molecular complexity index is 444. The third kappa shape index (κ3) is 5.54. The minimum Gasteiger partial charge on any atom is -0.393 e. The Kier molecular flexibility index (Phi) is 7.77. The average Bonchev–Trinajstić information content (AvgIpc) is 2.47. The zero-order chi connectivity index (χ0) is 16.6. The van der Waals surface area contributed by atoms with Gasteiger partial charge >= 0.3 is 0 Å². The van der Waals surface area contributed by atoms with Crippen LogP contribution in [0, 0.1) is 5.92 Å². The van der Waals surface area contributed by atoms with Gasteiger partial charge in [0.2, 0.25) is 0 Å². The van der Waals surface area contributed by atoms with E-state index in [0.717, 1.165) is 24.8 Å². The first-order valence-electron chi connectivity index (χ1n) is 8.46. The summed E-state index contributed by atoms with van der Waals surface area (Å²) in [5, 5.41) is 10.3. The highest BCUT2D eigenvalue weighted by Crippen LogP contribution is 2.28. The molecule has 0 aromatic heterocycles. The van der Waals surface area contributed by atoms with Gasteiger partial charge in [0.1, 0.15) is 5.54 Å². The standard InChI is InChI=1S/C19H31NO2/c1-4-9-18(22)19(20,16-11-6-5-7-12-16)14-17(21)13-8-10-15(2)3/h5-7,11-12,15,17,21H,4,8-10,13-14,20H2,1-3H3. The summed E-state index contributed by atoms with van der Waals surface area (Å²) in [6, 6.07) is 9.46. The van der Waals surface area contributed by atoms with Gasteiger partial charge in [-0.15, -0.1) is 0 Å². The number of carbonyl (C=O) groups excluding carboxylic acids is 1. The van der Waals surface area contributed by atoms with Crippen molar-refractivity contribution in [3.63, 3.8) is 0 Å². The molecule has 3 heteroatoms. The highest BCUT2D eigenvalue weighted by atomic mass is 16.3. The normalized spacial score (nSPS) is 15.5. The Morgan fingerprint density at radius 3 is 2.41 bits per heavy atom. The van der Waals surface area contributed by atoms with Gasteiger partial charge in [-0.25, -0.2) is 0 Å². The van der Waals surface area contributed by atoms with Gasteiger partial charge in [-0.2, -0.15) is 0 Å². The molecule has 0 aliphatic heterocycles. The molecule has 1 rings (SSSR count). The van der Waals surface area contributed by atoms with Crippen LogP contribution in [0.5, 0.6) is 0 Å². The van der Waals surface area contributed by atoms with Gasteiger partial charge in [-0.3, -0.25) is 4.79 Å². The number of benzene rings is 1. The molecule has 0 amide bonds. The quantitative estimate of drug-likeness (QED) is 0.691. The molecule has 0 aliphatic carbocycles. The Morgan fingerprint density at radius 1 is 1.23 bits per heavy atom. The van der Waals surface area contributed by atoms with Crippen LogP contribution in [-0.2, 0) is 10.3 Å². The number of aliphatic hydroxyl groups is 1. The van der Waals surface area contributed by atoms with Crippen molar-refractivity contribution in [2.45, 2.75) is 70.9 Å². The molecule has 3 nitrogen and oxygen atoms in total. The second-order valence-electron chi connectivity index (χ2n) is 6.69. The molecule has 0 saturated carbocycles. The van der Waals surface area contributed by atoms with Crippen LogP contribution in [0.4, 0.5) is 0 Å². The van der Waals surface area contributed by atoms with Crippen LogP contribution in [0.15, 0.2) is 30.3 Å². The topological polar surface area (TPSA) is 63.3 Å². The first kappa shape index (κ1) is 18.9. The third-order valence-corrected chi connectivity index (χ3v) is 4.14. The summed E-state index contributed by atoms with van der Waals surface area (Å²) >= 11 is 0. The van der Waals surface area contributed by atoms with Gasteiger partial charge in [-0.05, 0) is 24.3 Å². The summed E-state index contributed by atoms with van der Waals surface area (Å²) in [5.41, 5.74) is 6.20. The van der Waals surface area contributed by atoms with Crippen molar-refractivity contribution in [3.8, 4) is 0 Å². The fourth-order valence-corrected chi connectivity index (χ4v) is 2.81. The van der Waals surface area contributed by atoms with Crippen LogP contribution in [0.2, 0.25) is 0 Å². The molecule has 0 heterocycles. The van der Waals surface area contributed by atoms with Gasteiger partial charge in [-0.1, -0.05) is 63.9 Å². The Balaban J connectivity index is 2.81. The lowest BCUT2D eigenvalue weighted by Gasteiger charge is -2.31. The van der Waals surface area contributed by atoms with Crippen LogP contribution in [0.3, 0.4) is 0 Å². The fourth-order valence-electron chi connectivity index (χ4n) is 2.81. The largest absolute Gasteiger partial charge is 0.393 e. The minimum atomic E-state index is -1.07. The van der Waals surface area contributed by atoms with Crippen LogP contribution >= 0.6 is 0 Å². The van der Waals surface area contributed by atoms with Crippen LogP contribution in [0.25, 0.3) is 0 Å². The number of hydrogen-bond acceptors (Lipinski definition) is 3. The molecular weight excluding hydrogens is 274 g/mol. The molecule has 124 valence electrons. The van der Waals surface area contributed by atoms with Crippen molar-refractivity contribution < 1.29 is 9.90 Å². The molecule has 1 aromatic carbocycles. The predicted octanol–water partition coefficient (Wildman–Crippen LogP) is 3.79. The summed E-state index contributed by atoms with van der Waals surface area (Å²) in [5.74, 6) is 0.648. The van der Waals surface area contributed by atoms with Gasteiger partial charge < -0.3 is 10.8 Å². The van der Waals surface area contributed by atoms with E-state index in [2.05, 4.69) is 13.8 Å². The molecule has 0 spiro atoms. The maximum Gasteiger partial charge on any atom is 0.157 e. The summed E-state index contributed by atoms with van der Waals surface area (Å²) in [7, 11) is 0. The van der Waals surface area contributed by atoms with E-state index in [1.165, 1.54) is 0 Å². The van der Waals surface area contributed by atoms with Crippen molar-refractivity contribution in [1.82, 2.24) is 0 Å². The first-order chi connectivity index (χ1) is 10.4. The second-order valence-corrected chi connectivity index (χ2v) is 6.69. The number of nitrogens with two attached hydrogens (primary N) is 1. The van der Waals surface area contributed by atoms with E-state index in [0.29, 0.717) is 25.2 Å². The van der Waals surface area contributed by atoms with E-state index in [9.17, 15) is 9.90 Å². The number of hydrogen-bond donors (Lipinski definition) is 2. The number of carbonyl (C=O) groups is 1. The monoisotopic (exact) mass is 305 g/mol. The molecule has 2 atom stereocenters. The highest BCUT2D eigenvalue weighted by Gasteiger charge is 2.36.